The highest BCUT2D eigenvalue weighted by atomic mass is 35.5. The van der Waals surface area contributed by atoms with Gasteiger partial charge in [-0.2, -0.15) is 4.37 Å². The van der Waals surface area contributed by atoms with E-state index in [9.17, 15) is 0 Å². The van der Waals surface area contributed by atoms with Crippen LogP contribution >= 0.6 is 34.7 Å². The molecule has 28 heavy (non-hydrogen) atoms. The molecule has 4 nitrogen and oxygen atoms in total. The summed E-state index contributed by atoms with van der Waals surface area (Å²) in [6.07, 6.45) is 0. The number of fused-ring (bicyclic) bond motifs is 2. The minimum absolute atomic E-state index is 0.547. The molecule has 1 aliphatic heterocycles. The van der Waals surface area contributed by atoms with Gasteiger partial charge in [-0.1, -0.05) is 41.4 Å². The first-order chi connectivity index (χ1) is 13.7. The molecule has 0 spiro atoms. The lowest BCUT2D eigenvalue weighted by Crippen LogP contribution is -2.15. The molecule has 0 aliphatic carbocycles. The normalized spacial score (nSPS) is 12.9. The second-order valence-electron chi connectivity index (χ2n) is 6.32. The van der Waals surface area contributed by atoms with E-state index < -0.39 is 0 Å². The SMILES string of the molecule is Clc1ccc2snc(Nc3cccc(-c4ccc5c(c4)OCCO5)c3Cl)c2c1. The van der Waals surface area contributed by atoms with Crippen LogP contribution in [0, 0.1) is 0 Å². The summed E-state index contributed by atoms with van der Waals surface area (Å²) in [7, 11) is 0. The standard InChI is InChI=1S/C21H14Cl2N2O2S/c22-13-5-7-19-15(11-13)21(25-28-19)24-16-3-1-2-14(20(16)23)12-4-6-17-18(10-12)27-9-8-26-17/h1-7,10-11H,8-9H2,(H,24,25). The van der Waals surface area contributed by atoms with Crippen LogP contribution in [-0.2, 0) is 0 Å². The van der Waals surface area contributed by atoms with Gasteiger partial charge in [-0.05, 0) is 53.5 Å². The number of anilines is 2. The molecule has 0 unspecified atom stereocenters. The summed E-state index contributed by atoms with van der Waals surface area (Å²) in [4.78, 5) is 0. The van der Waals surface area contributed by atoms with Crippen molar-refractivity contribution < 1.29 is 9.47 Å². The van der Waals surface area contributed by atoms with Crippen molar-refractivity contribution in [1.82, 2.24) is 4.37 Å². The predicted molar refractivity (Wildman–Crippen MR) is 116 cm³/mol. The molecule has 4 aromatic rings. The minimum atomic E-state index is 0.547. The van der Waals surface area contributed by atoms with Gasteiger partial charge >= 0.3 is 0 Å². The largest absolute Gasteiger partial charge is 0.486 e. The number of hydrogen-bond donors (Lipinski definition) is 1. The molecule has 2 heterocycles. The van der Waals surface area contributed by atoms with Crippen LogP contribution in [0.4, 0.5) is 11.5 Å². The summed E-state index contributed by atoms with van der Waals surface area (Å²) in [6.45, 7) is 1.11. The first-order valence-corrected chi connectivity index (χ1v) is 10.2. The average Bonchev–Trinajstić information content (AvgIpc) is 3.11. The maximum Gasteiger partial charge on any atom is 0.161 e. The molecule has 0 radical (unpaired) electrons. The van der Waals surface area contributed by atoms with Crippen LogP contribution in [0.15, 0.2) is 54.6 Å². The van der Waals surface area contributed by atoms with Gasteiger partial charge in [-0.25, -0.2) is 0 Å². The molecule has 5 rings (SSSR count). The molecule has 0 saturated carbocycles. The van der Waals surface area contributed by atoms with Crippen molar-refractivity contribution in [3.05, 3.63) is 64.6 Å². The van der Waals surface area contributed by atoms with Crippen molar-refractivity contribution in [2.45, 2.75) is 0 Å². The predicted octanol–water partition coefficient (Wildman–Crippen LogP) is 6.78. The number of rotatable bonds is 3. The first kappa shape index (κ1) is 17.6. The van der Waals surface area contributed by atoms with Crippen LogP contribution in [0.2, 0.25) is 10.0 Å². The van der Waals surface area contributed by atoms with E-state index in [2.05, 4.69) is 9.69 Å². The van der Waals surface area contributed by atoms with Gasteiger partial charge in [0.1, 0.15) is 13.2 Å². The molecule has 7 heteroatoms. The third-order valence-corrected chi connectivity index (χ3v) is 6.01. The van der Waals surface area contributed by atoms with Crippen LogP contribution in [0.25, 0.3) is 21.2 Å². The average molecular weight is 429 g/mol. The van der Waals surface area contributed by atoms with E-state index in [0.717, 1.165) is 44.2 Å². The Balaban J connectivity index is 1.53. The molecular formula is C21H14Cl2N2O2S. The lowest BCUT2D eigenvalue weighted by atomic mass is 10.0. The quantitative estimate of drug-likeness (QED) is 0.390. The van der Waals surface area contributed by atoms with Gasteiger partial charge < -0.3 is 14.8 Å². The Labute approximate surface area is 175 Å². The molecular weight excluding hydrogens is 415 g/mol. The number of nitrogens with one attached hydrogen (secondary N) is 1. The van der Waals surface area contributed by atoms with Crippen LogP contribution in [0.5, 0.6) is 11.5 Å². The Morgan fingerprint density at radius 2 is 1.79 bits per heavy atom. The maximum absolute atomic E-state index is 6.74. The maximum atomic E-state index is 6.74. The van der Waals surface area contributed by atoms with Crippen molar-refractivity contribution in [2.24, 2.45) is 0 Å². The van der Waals surface area contributed by atoms with Crippen molar-refractivity contribution in [3.63, 3.8) is 0 Å². The van der Waals surface area contributed by atoms with Crippen molar-refractivity contribution in [3.8, 4) is 22.6 Å². The Morgan fingerprint density at radius 3 is 2.68 bits per heavy atom. The van der Waals surface area contributed by atoms with E-state index >= 15 is 0 Å². The summed E-state index contributed by atoms with van der Waals surface area (Å²) in [5.41, 5.74) is 2.64. The summed E-state index contributed by atoms with van der Waals surface area (Å²) >= 11 is 14.3. The minimum Gasteiger partial charge on any atom is -0.486 e. The fraction of sp³-hybridized carbons (Fsp3) is 0.0952. The van der Waals surface area contributed by atoms with E-state index in [1.165, 1.54) is 11.5 Å². The second kappa shape index (κ2) is 7.17. The van der Waals surface area contributed by atoms with Gasteiger partial charge in [0, 0.05) is 16.0 Å². The zero-order valence-corrected chi connectivity index (χ0v) is 16.9. The molecule has 0 saturated heterocycles. The topological polar surface area (TPSA) is 43.4 Å². The highest BCUT2D eigenvalue weighted by molar-refractivity contribution is 7.13. The molecule has 1 aliphatic rings. The lowest BCUT2D eigenvalue weighted by molar-refractivity contribution is 0.171. The van der Waals surface area contributed by atoms with Crippen LogP contribution in [0.3, 0.4) is 0 Å². The second-order valence-corrected chi connectivity index (χ2v) is 7.94. The van der Waals surface area contributed by atoms with Crippen LogP contribution < -0.4 is 14.8 Å². The van der Waals surface area contributed by atoms with Crippen molar-refractivity contribution in [2.75, 3.05) is 18.5 Å². The van der Waals surface area contributed by atoms with E-state index in [1.807, 2.05) is 54.6 Å². The Hall–Kier alpha value is -2.47. The van der Waals surface area contributed by atoms with Crippen LogP contribution in [-0.4, -0.2) is 17.6 Å². The Bertz CT molecular complexity index is 1190. The molecule has 0 bridgehead atoms. The highest BCUT2D eigenvalue weighted by Gasteiger charge is 2.16. The van der Waals surface area contributed by atoms with Crippen LogP contribution in [0.1, 0.15) is 0 Å². The van der Waals surface area contributed by atoms with Gasteiger partial charge in [-0.15, -0.1) is 0 Å². The fourth-order valence-electron chi connectivity index (χ4n) is 3.19. The summed E-state index contributed by atoms with van der Waals surface area (Å²) < 4.78 is 16.9. The van der Waals surface area contributed by atoms with E-state index in [1.54, 1.807) is 0 Å². The number of ether oxygens (including phenoxy) is 2. The molecule has 0 fully saturated rings. The summed E-state index contributed by atoms with van der Waals surface area (Å²) in [5, 5.41) is 5.60. The highest BCUT2D eigenvalue weighted by Crippen LogP contribution is 2.40. The Morgan fingerprint density at radius 1 is 0.929 bits per heavy atom. The number of benzene rings is 3. The lowest BCUT2D eigenvalue weighted by Gasteiger charge is -2.19. The third-order valence-electron chi connectivity index (χ3n) is 4.54. The van der Waals surface area contributed by atoms with Gasteiger partial charge in [0.25, 0.3) is 0 Å². The van der Waals surface area contributed by atoms with E-state index in [0.29, 0.717) is 23.3 Å². The summed E-state index contributed by atoms with van der Waals surface area (Å²) in [5.74, 6) is 2.23. The smallest absolute Gasteiger partial charge is 0.161 e. The molecule has 1 aromatic heterocycles. The zero-order valence-electron chi connectivity index (χ0n) is 14.5. The molecule has 3 aromatic carbocycles. The molecule has 0 atom stereocenters. The Kier molecular flexibility index (Phi) is 4.51. The fourth-order valence-corrected chi connectivity index (χ4v) is 4.36. The van der Waals surface area contributed by atoms with Gasteiger partial charge in [0.05, 0.1) is 15.4 Å². The third kappa shape index (κ3) is 3.15. The van der Waals surface area contributed by atoms with Gasteiger partial charge in [0.2, 0.25) is 0 Å². The number of hydrogen-bond acceptors (Lipinski definition) is 5. The van der Waals surface area contributed by atoms with Gasteiger partial charge in [0.15, 0.2) is 17.3 Å². The zero-order chi connectivity index (χ0) is 19.1. The molecule has 1 N–H and O–H groups in total. The number of nitrogens with zero attached hydrogens (tertiary/aromatic N) is 1. The monoisotopic (exact) mass is 428 g/mol. The van der Waals surface area contributed by atoms with Gasteiger partial charge in [-0.3, -0.25) is 0 Å². The van der Waals surface area contributed by atoms with Crippen molar-refractivity contribution >= 4 is 56.3 Å². The van der Waals surface area contributed by atoms with E-state index in [-0.39, 0.29) is 0 Å². The summed E-state index contributed by atoms with van der Waals surface area (Å²) in [6, 6.07) is 17.5. The first-order valence-electron chi connectivity index (χ1n) is 8.69. The molecule has 0 amide bonds. The molecule has 140 valence electrons. The van der Waals surface area contributed by atoms with E-state index in [4.69, 9.17) is 32.7 Å². The van der Waals surface area contributed by atoms with Crippen molar-refractivity contribution in [1.29, 1.82) is 0 Å². The number of aromatic nitrogens is 1. The number of halogens is 2.